The third-order valence-electron chi connectivity index (χ3n) is 5.85. The summed E-state index contributed by atoms with van der Waals surface area (Å²) in [4.78, 5) is 10.7. The van der Waals surface area contributed by atoms with Crippen molar-refractivity contribution in [3.63, 3.8) is 0 Å². The lowest BCUT2D eigenvalue weighted by molar-refractivity contribution is 0.291. The van der Waals surface area contributed by atoms with Gasteiger partial charge in [-0.25, -0.2) is 14.4 Å². The molecule has 0 amide bonds. The zero-order chi connectivity index (χ0) is 23.8. The molecule has 9 nitrogen and oxygen atoms in total. The number of nitrogen functional groups attached to an aromatic ring is 1. The van der Waals surface area contributed by atoms with E-state index in [1.807, 2.05) is 17.0 Å². The van der Waals surface area contributed by atoms with Gasteiger partial charge in [-0.15, -0.1) is 10.2 Å². The number of aromatic nitrogens is 4. The van der Waals surface area contributed by atoms with Crippen molar-refractivity contribution in [3.05, 3.63) is 41.4 Å². The number of anilines is 2. The first-order valence-corrected chi connectivity index (χ1v) is 10.7. The van der Waals surface area contributed by atoms with E-state index in [2.05, 4.69) is 40.1 Å². The molecule has 0 spiro atoms. The molecular weight excluding hydrogens is 425 g/mol. The average Bonchev–Trinajstić information content (AvgIpc) is 3.24. The molecule has 3 aromatic rings. The minimum Gasteiger partial charge on any atom is -0.495 e. The summed E-state index contributed by atoms with van der Waals surface area (Å²) in [6.07, 6.45) is 1.02. The van der Waals surface area contributed by atoms with E-state index in [0.29, 0.717) is 24.5 Å². The van der Waals surface area contributed by atoms with E-state index < -0.39 is 6.17 Å². The van der Waals surface area contributed by atoms with Crippen molar-refractivity contribution >= 4 is 11.5 Å². The van der Waals surface area contributed by atoms with Gasteiger partial charge in [-0.2, -0.15) is 5.26 Å². The van der Waals surface area contributed by atoms with Gasteiger partial charge in [-0.3, -0.25) is 0 Å². The van der Waals surface area contributed by atoms with Gasteiger partial charge in [-0.1, -0.05) is 13.8 Å². The van der Waals surface area contributed by atoms with Crippen LogP contribution in [-0.2, 0) is 18.4 Å². The number of benzene rings is 1. The monoisotopic (exact) mass is 451 g/mol. The Kier molecular flexibility index (Phi) is 5.89. The van der Waals surface area contributed by atoms with E-state index in [4.69, 9.17) is 14.9 Å². The topological polar surface area (TPSA) is 127 Å². The quantitative estimate of drug-likeness (QED) is 0.569. The molecule has 0 aliphatic heterocycles. The van der Waals surface area contributed by atoms with Crippen LogP contribution in [0.5, 0.6) is 5.75 Å². The Labute approximate surface area is 191 Å². The highest BCUT2D eigenvalue weighted by Crippen LogP contribution is 2.49. The van der Waals surface area contributed by atoms with Gasteiger partial charge >= 0.3 is 0 Å². The SMILES string of the molecule is COc1ccc2c(c1N(CCC#N)Cc1nnc(C(C)F)o1)CC(C)(C)c1c(N)ncnc1-2. The fourth-order valence-electron chi connectivity index (χ4n) is 4.44. The molecule has 0 saturated heterocycles. The van der Waals surface area contributed by atoms with E-state index in [1.165, 1.54) is 13.3 Å². The van der Waals surface area contributed by atoms with Crippen LogP contribution >= 0.6 is 0 Å². The molecule has 172 valence electrons. The van der Waals surface area contributed by atoms with Crippen molar-refractivity contribution < 1.29 is 13.5 Å². The summed E-state index contributed by atoms with van der Waals surface area (Å²) >= 11 is 0. The molecule has 2 heterocycles. The van der Waals surface area contributed by atoms with Crippen molar-refractivity contribution in [2.75, 3.05) is 24.3 Å². The van der Waals surface area contributed by atoms with Gasteiger partial charge in [0.05, 0.1) is 37.5 Å². The van der Waals surface area contributed by atoms with Crippen LogP contribution in [0.2, 0.25) is 0 Å². The molecule has 1 aliphatic rings. The molecule has 1 unspecified atom stereocenters. The molecule has 1 aliphatic carbocycles. The number of nitrogens with zero attached hydrogens (tertiary/aromatic N) is 6. The van der Waals surface area contributed by atoms with Crippen LogP contribution in [0.15, 0.2) is 22.9 Å². The summed E-state index contributed by atoms with van der Waals surface area (Å²) < 4.78 is 24.8. The highest BCUT2D eigenvalue weighted by atomic mass is 19.1. The first-order chi connectivity index (χ1) is 15.8. The molecule has 0 fully saturated rings. The normalized spacial score (nSPS) is 14.7. The molecule has 0 saturated carbocycles. The minimum absolute atomic E-state index is 0.0745. The Morgan fingerprint density at radius 1 is 1.33 bits per heavy atom. The second kappa shape index (κ2) is 8.65. The summed E-state index contributed by atoms with van der Waals surface area (Å²) in [6, 6.07) is 6.03. The highest BCUT2D eigenvalue weighted by molar-refractivity contribution is 5.83. The van der Waals surface area contributed by atoms with Crippen molar-refractivity contribution in [1.82, 2.24) is 20.2 Å². The lowest BCUT2D eigenvalue weighted by Gasteiger charge is -2.37. The van der Waals surface area contributed by atoms with Crippen LogP contribution in [0.3, 0.4) is 0 Å². The summed E-state index contributed by atoms with van der Waals surface area (Å²) in [5, 5.41) is 17.1. The molecular formula is C23H26FN7O2. The maximum atomic E-state index is 13.6. The number of nitrogens with two attached hydrogens (primary N) is 1. The first-order valence-electron chi connectivity index (χ1n) is 10.7. The summed E-state index contributed by atoms with van der Waals surface area (Å²) in [5.74, 6) is 1.29. The van der Waals surface area contributed by atoms with Crippen LogP contribution in [0.25, 0.3) is 11.3 Å². The van der Waals surface area contributed by atoms with Crippen LogP contribution in [0.4, 0.5) is 15.9 Å². The Morgan fingerprint density at radius 3 is 2.79 bits per heavy atom. The smallest absolute Gasteiger partial charge is 0.250 e. The van der Waals surface area contributed by atoms with Crippen molar-refractivity contribution in [2.24, 2.45) is 0 Å². The highest BCUT2D eigenvalue weighted by Gasteiger charge is 2.37. The summed E-state index contributed by atoms with van der Waals surface area (Å²) in [5.41, 5.74) is 10.4. The molecule has 4 rings (SSSR count). The fourth-order valence-corrected chi connectivity index (χ4v) is 4.44. The number of halogens is 1. The van der Waals surface area contributed by atoms with E-state index in [0.717, 1.165) is 28.1 Å². The second-order valence-electron chi connectivity index (χ2n) is 8.67. The van der Waals surface area contributed by atoms with Gasteiger partial charge in [-0.05, 0) is 36.5 Å². The van der Waals surface area contributed by atoms with E-state index in [1.54, 1.807) is 7.11 Å². The number of rotatable bonds is 7. The van der Waals surface area contributed by atoms with Crippen molar-refractivity contribution in [1.29, 1.82) is 5.26 Å². The molecule has 0 bridgehead atoms. The van der Waals surface area contributed by atoms with Crippen LogP contribution < -0.4 is 15.4 Å². The van der Waals surface area contributed by atoms with E-state index >= 15 is 0 Å². The maximum absolute atomic E-state index is 13.6. The van der Waals surface area contributed by atoms with Gasteiger partial charge in [0.1, 0.15) is 17.9 Å². The van der Waals surface area contributed by atoms with Gasteiger partial charge in [0.2, 0.25) is 11.8 Å². The summed E-state index contributed by atoms with van der Waals surface area (Å²) in [7, 11) is 1.60. The fraction of sp³-hybridized carbons (Fsp3) is 0.435. The van der Waals surface area contributed by atoms with Crippen molar-refractivity contribution in [3.8, 4) is 23.1 Å². The molecule has 2 N–H and O–H groups in total. The Bertz CT molecular complexity index is 1220. The molecule has 0 radical (unpaired) electrons. The molecule has 1 atom stereocenters. The summed E-state index contributed by atoms with van der Waals surface area (Å²) in [6.45, 7) is 6.14. The van der Waals surface area contributed by atoms with Gasteiger partial charge in [0.25, 0.3) is 0 Å². The van der Waals surface area contributed by atoms with Crippen LogP contribution in [-0.4, -0.2) is 33.8 Å². The number of ether oxygens (including phenoxy) is 1. The number of fused-ring (bicyclic) bond motifs is 3. The van der Waals surface area contributed by atoms with Gasteiger partial charge < -0.3 is 19.8 Å². The number of nitriles is 1. The van der Waals surface area contributed by atoms with Gasteiger partial charge in [0, 0.05) is 17.7 Å². The molecule has 10 heteroatoms. The lowest BCUT2D eigenvalue weighted by Crippen LogP contribution is -2.32. The lowest BCUT2D eigenvalue weighted by atomic mass is 9.71. The van der Waals surface area contributed by atoms with E-state index in [-0.39, 0.29) is 30.2 Å². The largest absolute Gasteiger partial charge is 0.495 e. The minimum atomic E-state index is -1.36. The second-order valence-corrected chi connectivity index (χ2v) is 8.67. The van der Waals surface area contributed by atoms with Gasteiger partial charge in [0.15, 0.2) is 6.17 Å². The van der Waals surface area contributed by atoms with Crippen molar-refractivity contribution in [2.45, 2.75) is 51.7 Å². The first kappa shape index (κ1) is 22.5. The zero-order valence-electron chi connectivity index (χ0n) is 19.1. The van der Waals surface area contributed by atoms with Crippen LogP contribution in [0, 0.1) is 11.3 Å². The van der Waals surface area contributed by atoms with E-state index in [9.17, 15) is 9.65 Å². The number of hydrogen-bond acceptors (Lipinski definition) is 9. The number of hydrogen-bond donors (Lipinski definition) is 1. The van der Waals surface area contributed by atoms with Crippen LogP contribution in [0.1, 0.15) is 56.3 Å². The number of methoxy groups -OCH3 is 1. The zero-order valence-corrected chi connectivity index (χ0v) is 19.1. The maximum Gasteiger partial charge on any atom is 0.250 e. The Balaban J connectivity index is 1.87. The molecule has 2 aromatic heterocycles. The number of alkyl halides is 1. The Hall–Kier alpha value is -3.74. The Morgan fingerprint density at radius 2 is 2.12 bits per heavy atom. The predicted molar refractivity (Wildman–Crippen MR) is 120 cm³/mol. The third kappa shape index (κ3) is 4.06. The average molecular weight is 452 g/mol. The predicted octanol–water partition coefficient (Wildman–Crippen LogP) is 3.90. The standard InChI is InChI=1S/C23H26FN7O2/c1-13(24)22-30-29-17(33-22)11-31(9-5-8-25)20-15-10-23(2,3)18-19(27-12-28-21(18)26)14(15)6-7-16(20)32-4/h6-7,12-13H,5,9-11H2,1-4H3,(H2,26,27,28). The third-order valence-corrected chi connectivity index (χ3v) is 5.85. The molecule has 1 aromatic carbocycles. The molecule has 33 heavy (non-hydrogen) atoms.